The molecular formula is C26H34N6O3. The van der Waals surface area contributed by atoms with E-state index in [0.29, 0.717) is 37.6 Å². The van der Waals surface area contributed by atoms with Crippen LogP contribution in [0.4, 0.5) is 11.6 Å². The van der Waals surface area contributed by atoms with Crippen molar-refractivity contribution in [3.8, 4) is 0 Å². The molecule has 186 valence electrons. The van der Waals surface area contributed by atoms with Gasteiger partial charge in [0.15, 0.2) is 0 Å². The van der Waals surface area contributed by atoms with Crippen LogP contribution in [0.15, 0.2) is 40.9 Å². The van der Waals surface area contributed by atoms with E-state index in [1.165, 1.54) is 0 Å². The molecule has 1 aliphatic heterocycles. The van der Waals surface area contributed by atoms with E-state index in [2.05, 4.69) is 41.2 Å². The smallest absolute Gasteiger partial charge is 0.260 e. The summed E-state index contributed by atoms with van der Waals surface area (Å²) in [5.41, 5.74) is 4.17. The van der Waals surface area contributed by atoms with Gasteiger partial charge < -0.3 is 14.3 Å². The first-order valence-corrected chi connectivity index (χ1v) is 12.0. The highest BCUT2D eigenvalue weighted by Crippen LogP contribution is 2.25. The Bertz CT molecular complexity index is 1200. The predicted octanol–water partition coefficient (Wildman–Crippen LogP) is 3.68. The summed E-state index contributed by atoms with van der Waals surface area (Å²) in [6.07, 6.45) is 0.755. The Morgan fingerprint density at radius 2 is 1.77 bits per heavy atom. The van der Waals surface area contributed by atoms with E-state index < -0.39 is 0 Å². The zero-order valence-corrected chi connectivity index (χ0v) is 21.2. The largest absolute Gasteiger partial charge is 0.367 e. The molecule has 1 saturated heterocycles. The summed E-state index contributed by atoms with van der Waals surface area (Å²) in [7, 11) is 0. The molecule has 1 N–H and O–H groups in total. The number of hydrogen-bond acceptors (Lipinski definition) is 6. The van der Waals surface area contributed by atoms with Crippen LogP contribution in [0, 0.1) is 19.3 Å². The standard InChI is InChI=1S/C26H34N6O3/c1-18-14-19(2)32(28-18)17-24(33)31-12-10-30(11-13-31)22-9-7-6-8-21(22)25(34)27-23-15-20(29-35-23)16-26(3,4)5/h6-9,14-15H,10-13,16-17H2,1-5H3,(H,27,34). The van der Waals surface area contributed by atoms with E-state index in [9.17, 15) is 9.59 Å². The summed E-state index contributed by atoms with van der Waals surface area (Å²) in [5, 5.41) is 11.3. The third kappa shape index (κ3) is 6.09. The molecule has 3 aromatic rings. The van der Waals surface area contributed by atoms with Crippen molar-refractivity contribution in [3.05, 3.63) is 59.0 Å². The second-order valence-corrected chi connectivity index (χ2v) is 10.3. The van der Waals surface area contributed by atoms with Crippen molar-refractivity contribution >= 4 is 23.4 Å². The molecule has 0 radical (unpaired) electrons. The average Bonchev–Trinajstić information content (AvgIpc) is 3.36. The lowest BCUT2D eigenvalue weighted by molar-refractivity contribution is -0.132. The molecule has 0 spiro atoms. The van der Waals surface area contributed by atoms with Crippen molar-refractivity contribution in [1.29, 1.82) is 0 Å². The van der Waals surface area contributed by atoms with Gasteiger partial charge in [-0.05, 0) is 43.9 Å². The molecule has 9 heteroatoms. The lowest BCUT2D eigenvalue weighted by Crippen LogP contribution is -2.50. The number of carbonyl (C=O) groups is 2. The Morgan fingerprint density at radius 3 is 2.43 bits per heavy atom. The highest BCUT2D eigenvalue weighted by Gasteiger charge is 2.25. The van der Waals surface area contributed by atoms with Gasteiger partial charge in [0.25, 0.3) is 5.91 Å². The molecule has 0 atom stereocenters. The maximum Gasteiger partial charge on any atom is 0.260 e. The molecule has 1 aromatic carbocycles. The summed E-state index contributed by atoms with van der Waals surface area (Å²) in [6, 6.07) is 11.3. The Morgan fingerprint density at radius 1 is 1.06 bits per heavy atom. The summed E-state index contributed by atoms with van der Waals surface area (Å²) < 4.78 is 7.09. The second-order valence-electron chi connectivity index (χ2n) is 10.3. The Labute approximate surface area is 206 Å². The number of nitrogens with one attached hydrogen (secondary N) is 1. The second kappa shape index (κ2) is 9.93. The normalized spacial score (nSPS) is 14.3. The number of hydrogen-bond donors (Lipinski definition) is 1. The van der Waals surface area contributed by atoms with Crippen LogP contribution < -0.4 is 10.2 Å². The molecule has 0 bridgehead atoms. The van der Waals surface area contributed by atoms with Gasteiger partial charge in [-0.15, -0.1) is 0 Å². The molecule has 1 aliphatic rings. The van der Waals surface area contributed by atoms with Crippen molar-refractivity contribution < 1.29 is 14.1 Å². The fraction of sp³-hybridized carbons (Fsp3) is 0.462. The van der Waals surface area contributed by atoms with E-state index in [1.54, 1.807) is 16.8 Å². The summed E-state index contributed by atoms with van der Waals surface area (Å²) >= 11 is 0. The van der Waals surface area contributed by atoms with E-state index >= 15 is 0 Å². The number of nitrogens with zero attached hydrogens (tertiary/aromatic N) is 5. The lowest BCUT2D eigenvalue weighted by Gasteiger charge is -2.36. The summed E-state index contributed by atoms with van der Waals surface area (Å²) in [6.45, 7) is 13.0. The minimum Gasteiger partial charge on any atom is -0.367 e. The Hall–Kier alpha value is -3.62. The van der Waals surface area contributed by atoms with Gasteiger partial charge in [-0.1, -0.05) is 38.1 Å². The third-order valence-electron chi connectivity index (χ3n) is 6.02. The minimum atomic E-state index is -0.248. The third-order valence-corrected chi connectivity index (χ3v) is 6.02. The first-order chi connectivity index (χ1) is 16.6. The van der Waals surface area contributed by atoms with Gasteiger partial charge in [-0.3, -0.25) is 19.6 Å². The van der Waals surface area contributed by atoms with Crippen molar-refractivity contribution in [3.63, 3.8) is 0 Å². The van der Waals surface area contributed by atoms with Crippen LogP contribution in [0.5, 0.6) is 0 Å². The average molecular weight is 479 g/mol. The molecule has 35 heavy (non-hydrogen) atoms. The molecule has 2 aromatic heterocycles. The van der Waals surface area contributed by atoms with E-state index in [1.807, 2.05) is 43.0 Å². The number of benzene rings is 1. The Balaban J connectivity index is 1.38. The Kier molecular flexibility index (Phi) is 6.95. The highest BCUT2D eigenvalue weighted by atomic mass is 16.5. The molecule has 2 amide bonds. The van der Waals surface area contributed by atoms with Gasteiger partial charge in [0.05, 0.1) is 17.0 Å². The van der Waals surface area contributed by atoms with E-state index in [0.717, 1.165) is 29.2 Å². The van der Waals surface area contributed by atoms with Crippen molar-refractivity contribution in [2.75, 3.05) is 36.4 Å². The van der Waals surface area contributed by atoms with Gasteiger partial charge in [0.2, 0.25) is 11.8 Å². The zero-order valence-electron chi connectivity index (χ0n) is 21.2. The fourth-order valence-corrected chi connectivity index (χ4v) is 4.38. The van der Waals surface area contributed by atoms with Crippen LogP contribution >= 0.6 is 0 Å². The molecule has 0 aliphatic carbocycles. The van der Waals surface area contributed by atoms with Gasteiger partial charge in [-0.2, -0.15) is 5.10 Å². The van der Waals surface area contributed by atoms with Crippen LogP contribution in [-0.4, -0.2) is 57.8 Å². The van der Waals surface area contributed by atoms with Crippen LogP contribution in [0.3, 0.4) is 0 Å². The minimum absolute atomic E-state index is 0.0539. The molecule has 3 heterocycles. The first kappa shape index (κ1) is 24.5. The van der Waals surface area contributed by atoms with Crippen LogP contribution in [-0.2, 0) is 17.8 Å². The predicted molar refractivity (Wildman–Crippen MR) is 135 cm³/mol. The van der Waals surface area contributed by atoms with Gasteiger partial charge >= 0.3 is 0 Å². The van der Waals surface area contributed by atoms with Crippen LogP contribution in [0.2, 0.25) is 0 Å². The maximum atomic E-state index is 13.1. The van der Waals surface area contributed by atoms with Gasteiger partial charge in [0, 0.05) is 43.6 Å². The van der Waals surface area contributed by atoms with Crippen molar-refractivity contribution in [2.24, 2.45) is 5.41 Å². The molecule has 1 fully saturated rings. The van der Waals surface area contributed by atoms with Crippen molar-refractivity contribution in [2.45, 2.75) is 47.6 Å². The van der Waals surface area contributed by atoms with Crippen LogP contribution in [0.1, 0.15) is 48.2 Å². The summed E-state index contributed by atoms with van der Waals surface area (Å²) in [5.74, 6) is 0.143. The zero-order chi connectivity index (χ0) is 25.2. The topological polar surface area (TPSA) is 96.5 Å². The fourth-order valence-electron chi connectivity index (χ4n) is 4.38. The van der Waals surface area contributed by atoms with E-state index in [4.69, 9.17) is 4.52 Å². The van der Waals surface area contributed by atoms with Crippen LogP contribution in [0.25, 0.3) is 0 Å². The quantitative estimate of drug-likeness (QED) is 0.581. The van der Waals surface area contributed by atoms with Crippen molar-refractivity contribution in [1.82, 2.24) is 19.8 Å². The molecule has 4 rings (SSSR count). The number of aromatic nitrogens is 3. The maximum absolute atomic E-state index is 13.1. The number of anilines is 2. The molecule has 9 nitrogen and oxygen atoms in total. The first-order valence-electron chi connectivity index (χ1n) is 12.0. The van der Waals surface area contributed by atoms with E-state index in [-0.39, 0.29) is 23.8 Å². The highest BCUT2D eigenvalue weighted by molar-refractivity contribution is 6.07. The SMILES string of the molecule is Cc1cc(C)n(CC(=O)N2CCN(c3ccccc3C(=O)Nc3cc(CC(C)(C)C)no3)CC2)n1. The number of amides is 2. The summed E-state index contributed by atoms with van der Waals surface area (Å²) in [4.78, 5) is 29.9. The number of para-hydroxylation sites is 1. The number of aryl methyl sites for hydroxylation is 2. The molecule has 0 saturated carbocycles. The number of carbonyl (C=O) groups excluding carboxylic acids is 2. The number of rotatable bonds is 6. The van der Waals surface area contributed by atoms with Gasteiger partial charge in [0.1, 0.15) is 6.54 Å². The monoisotopic (exact) mass is 478 g/mol. The molecular weight excluding hydrogens is 444 g/mol. The number of piperazine rings is 1. The lowest BCUT2D eigenvalue weighted by atomic mass is 9.91. The van der Waals surface area contributed by atoms with Gasteiger partial charge in [-0.25, -0.2) is 0 Å². The molecule has 0 unspecified atom stereocenters.